The van der Waals surface area contributed by atoms with Gasteiger partial charge >= 0.3 is 0 Å². The van der Waals surface area contributed by atoms with Crippen LogP contribution in [0, 0.1) is 0 Å². The van der Waals surface area contributed by atoms with E-state index in [1.54, 1.807) is 0 Å². The molecule has 0 spiro atoms. The molecular formula is C11H20ClN3O. The molecule has 2 rings (SSSR count). The molecule has 0 radical (unpaired) electrons. The number of ether oxygens (including phenoxy) is 1. The van der Waals surface area contributed by atoms with Gasteiger partial charge in [0, 0.05) is 0 Å². The first-order valence-electron chi connectivity index (χ1n) is 5.78. The van der Waals surface area contributed by atoms with E-state index in [0.29, 0.717) is 6.04 Å². The molecule has 1 saturated heterocycles. The summed E-state index contributed by atoms with van der Waals surface area (Å²) in [5, 5.41) is 7.71. The smallest absolute Gasteiger partial charge is 0.157 e. The lowest BCUT2D eigenvalue weighted by Crippen LogP contribution is -2.29. The van der Waals surface area contributed by atoms with Gasteiger partial charge in [-0.1, -0.05) is 6.92 Å². The highest BCUT2D eigenvalue weighted by atomic mass is 35.5. The largest absolute Gasteiger partial charge is 0.490 e. The molecule has 1 aromatic rings. The van der Waals surface area contributed by atoms with E-state index in [-0.39, 0.29) is 12.4 Å². The number of hydrogen-bond acceptors (Lipinski definition) is 3. The number of piperidine rings is 1. The molecule has 5 heteroatoms. The van der Waals surface area contributed by atoms with E-state index in [1.165, 1.54) is 0 Å². The van der Waals surface area contributed by atoms with Crippen LogP contribution in [0.15, 0.2) is 12.4 Å². The first kappa shape index (κ1) is 13.3. The van der Waals surface area contributed by atoms with E-state index in [9.17, 15) is 0 Å². The summed E-state index contributed by atoms with van der Waals surface area (Å²) in [6.45, 7) is 5.07. The summed E-state index contributed by atoms with van der Waals surface area (Å²) in [6, 6.07) is 0.547. The lowest BCUT2D eigenvalue weighted by atomic mass is 10.1. The van der Waals surface area contributed by atoms with Crippen molar-refractivity contribution in [2.75, 3.05) is 19.7 Å². The predicted molar refractivity (Wildman–Crippen MR) is 66.4 cm³/mol. The van der Waals surface area contributed by atoms with Crippen LogP contribution in [0.4, 0.5) is 0 Å². The maximum Gasteiger partial charge on any atom is 0.157 e. The zero-order valence-corrected chi connectivity index (χ0v) is 10.5. The Morgan fingerprint density at radius 2 is 2.25 bits per heavy atom. The van der Waals surface area contributed by atoms with Crippen molar-refractivity contribution in [1.82, 2.24) is 15.1 Å². The second kappa shape index (κ2) is 6.76. The van der Waals surface area contributed by atoms with Crippen molar-refractivity contribution in [1.29, 1.82) is 0 Å². The molecule has 0 amide bonds. The van der Waals surface area contributed by atoms with Crippen LogP contribution in [0.5, 0.6) is 5.75 Å². The zero-order valence-electron chi connectivity index (χ0n) is 9.69. The zero-order chi connectivity index (χ0) is 10.5. The van der Waals surface area contributed by atoms with Crippen molar-refractivity contribution in [2.45, 2.75) is 32.2 Å². The molecule has 1 fully saturated rings. The first-order chi connectivity index (χ1) is 7.40. The van der Waals surface area contributed by atoms with Gasteiger partial charge < -0.3 is 10.1 Å². The van der Waals surface area contributed by atoms with E-state index in [4.69, 9.17) is 4.74 Å². The van der Waals surface area contributed by atoms with E-state index < -0.39 is 0 Å². The molecular weight excluding hydrogens is 226 g/mol. The highest BCUT2D eigenvalue weighted by molar-refractivity contribution is 5.85. The van der Waals surface area contributed by atoms with Gasteiger partial charge in [0.25, 0.3) is 0 Å². The van der Waals surface area contributed by atoms with Crippen molar-refractivity contribution in [3.63, 3.8) is 0 Å². The van der Waals surface area contributed by atoms with Crippen molar-refractivity contribution in [3.8, 4) is 5.75 Å². The fraction of sp³-hybridized carbons (Fsp3) is 0.727. The van der Waals surface area contributed by atoms with Gasteiger partial charge in [-0.15, -0.1) is 12.4 Å². The van der Waals surface area contributed by atoms with E-state index in [1.807, 2.05) is 17.1 Å². The Labute approximate surface area is 103 Å². The third kappa shape index (κ3) is 3.39. The summed E-state index contributed by atoms with van der Waals surface area (Å²) in [7, 11) is 0. The number of rotatable bonds is 4. The molecule has 0 saturated carbocycles. The molecule has 0 aliphatic carbocycles. The minimum Gasteiger partial charge on any atom is -0.490 e. The van der Waals surface area contributed by atoms with Gasteiger partial charge in [0.15, 0.2) is 5.75 Å². The maximum absolute atomic E-state index is 5.53. The average molecular weight is 246 g/mol. The molecule has 0 unspecified atom stereocenters. The molecule has 1 N–H and O–H groups in total. The van der Waals surface area contributed by atoms with Crippen molar-refractivity contribution >= 4 is 12.4 Å². The summed E-state index contributed by atoms with van der Waals surface area (Å²) in [5.41, 5.74) is 0. The summed E-state index contributed by atoms with van der Waals surface area (Å²) in [4.78, 5) is 0. The quantitative estimate of drug-likeness (QED) is 0.882. The third-order valence-corrected chi connectivity index (χ3v) is 2.73. The van der Waals surface area contributed by atoms with Gasteiger partial charge in [-0.05, 0) is 32.4 Å². The topological polar surface area (TPSA) is 39.1 Å². The van der Waals surface area contributed by atoms with Crippen LogP contribution in [-0.4, -0.2) is 29.5 Å². The number of aromatic nitrogens is 2. The minimum absolute atomic E-state index is 0. The van der Waals surface area contributed by atoms with Gasteiger partial charge in [-0.2, -0.15) is 5.10 Å². The standard InChI is InChI=1S/C11H19N3O.ClH/c1-2-7-15-11-8-13-14(9-11)10-3-5-12-6-4-10;/h8-10,12H,2-7H2,1H3;1H. The molecule has 0 aromatic carbocycles. The van der Waals surface area contributed by atoms with Crippen molar-refractivity contribution in [3.05, 3.63) is 12.4 Å². The number of hydrogen-bond donors (Lipinski definition) is 1. The Morgan fingerprint density at radius 1 is 1.50 bits per heavy atom. The third-order valence-electron chi connectivity index (χ3n) is 2.73. The van der Waals surface area contributed by atoms with Crippen LogP contribution in [0.3, 0.4) is 0 Å². The number of nitrogens with one attached hydrogen (secondary N) is 1. The SMILES string of the molecule is CCCOc1cnn(C2CCNCC2)c1.Cl. The monoisotopic (exact) mass is 245 g/mol. The Hall–Kier alpha value is -0.740. The van der Waals surface area contributed by atoms with Gasteiger partial charge in [0.2, 0.25) is 0 Å². The van der Waals surface area contributed by atoms with Crippen LogP contribution in [-0.2, 0) is 0 Å². The van der Waals surface area contributed by atoms with Gasteiger partial charge in [-0.25, -0.2) is 0 Å². The van der Waals surface area contributed by atoms with E-state index in [2.05, 4.69) is 17.3 Å². The molecule has 0 bridgehead atoms. The van der Waals surface area contributed by atoms with Crippen LogP contribution >= 0.6 is 12.4 Å². The highest BCUT2D eigenvalue weighted by Crippen LogP contribution is 2.20. The first-order valence-corrected chi connectivity index (χ1v) is 5.78. The molecule has 1 aliphatic heterocycles. The maximum atomic E-state index is 5.53. The van der Waals surface area contributed by atoms with Gasteiger partial charge in [0.05, 0.1) is 25.0 Å². The minimum atomic E-state index is 0. The number of nitrogens with zero attached hydrogens (tertiary/aromatic N) is 2. The van der Waals surface area contributed by atoms with Crippen LogP contribution < -0.4 is 10.1 Å². The van der Waals surface area contributed by atoms with Crippen molar-refractivity contribution in [2.24, 2.45) is 0 Å². The predicted octanol–water partition coefficient (Wildman–Crippen LogP) is 2.02. The molecule has 1 aliphatic rings. The average Bonchev–Trinajstić information content (AvgIpc) is 2.76. The fourth-order valence-corrected chi connectivity index (χ4v) is 1.89. The van der Waals surface area contributed by atoms with Crippen LogP contribution in [0.2, 0.25) is 0 Å². The lowest BCUT2D eigenvalue weighted by molar-refractivity contribution is 0.313. The van der Waals surface area contributed by atoms with Crippen LogP contribution in [0.1, 0.15) is 32.2 Å². The van der Waals surface area contributed by atoms with E-state index >= 15 is 0 Å². The molecule has 1 aromatic heterocycles. The van der Waals surface area contributed by atoms with Gasteiger partial charge in [0.1, 0.15) is 0 Å². The molecule has 92 valence electrons. The van der Waals surface area contributed by atoms with Gasteiger partial charge in [-0.3, -0.25) is 4.68 Å². The normalized spacial score (nSPS) is 16.8. The van der Waals surface area contributed by atoms with Crippen molar-refractivity contribution < 1.29 is 4.74 Å². The van der Waals surface area contributed by atoms with E-state index in [0.717, 1.165) is 44.7 Å². The Balaban J connectivity index is 0.00000128. The second-order valence-corrected chi connectivity index (χ2v) is 3.99. The number of halogens is 1. The second-order valence-electron chi connectivity index (χ2n) is 3.99. The summed E-state index contributed by atoms with van der Waals surface area (Å²) >= 11 is 0. The molecule has 4 nitrogen and oxygen atoms in total. The Bertz CT molecular complexity index is 297. The fourth-order valence-electron chi connectivity index (χ4n) is 1.89. The van der Waals surface area contributed by atoms with Crippen LogP contribution in [0.25, 0.3) is 0 Å². The summed E-state index contributed by atoms with van der Waals surface area (Å²) < 4.78 is 7.58. The summed E-state index contributed by atoms with van der Waals surface area (Å²) in [6.07, 6.45) is 7.20. The summed E-state index contributed by atoms with van der Waals surface area (Å²) in [5.74, 6) is 0.899. The molecule has 16 heavy (non-hydrogen) atoms. The highest BCUT2D eigenvalue weighted by Gasteiger charge is 2.15. The Kier molecular flexibility index (Phi) is 5.63. The molecule has 2 heterocycles. The lowest BCUT2D eigenvalue weighted by Gasteiger charge is -2.22. The Morgan fingerprint density at radius 3 is 2.94 bits per heavy atom. The molecule has 0 atom stereocenters.